The zero-order valence-corrected chi connectivity index (χ0v) is 11.5. The van der Waals surface area contributed by atoms with Crippen LogP contribution in [0.1, 0.15) is 27.9 Å². The average Bonchev–Trinajstić information content (AvgIpc) is 2.86. The molecule has 4 heteroatoms. The normalized spacial score (nSPS) is 14.2. The topological polar surface area (TPSA) is 20.3 Å². The highest BCUT2D eigenvalue weighted by atomic mass is 19.1. The summed E-state index contributed by atoms with van der Waals surface area (Å²) in [4.78, 5) is 14.2. The van der Waals surface area contributed by atoms with Gasteiger partial charge in [0.1, 0.15) is 11.6 Å². The summed E-state index contributed by atoms with van der Waals surface area (Å²) in [5, 5.41) is 0. The van der Waals surface area contributed by atoms with E-state index in [0.29, 0.717) is 6.54 Å². The summed E-state index contributed by atoms with van der Waals surface area (Å²) in [6, 6.07) is 11.1. The zero-order valence-electron chi connectivity index (χ0n) is 11.5. The molecule has 0 spiro atoms. The molecule has 3 rings (SSSR count). The minimum Gasteiger partial charge on any atom is -0.294 e. The quantitative estimate of drug-likeness (QED) is 0.801. The van der Waals surface area contributed by atoms with Crippen molar-refractivity contribution in [2.24, 2.45) is 0 Å². The maximum absolute atomic E-state index is 13.1. The second-order valence-corrected chi connectivity index (χ2v) is 5.31. The van der Waals surface area contributed by atoms with E-state index in [1.54, 1.807) is 0 Å². The van der Waals surface area contributed by atoms with Crippen LogP contribution in [0.25, 0.3) is 0 Å². The molecule has 0 saturated carbocycles. The summed E-state index contributed by atoms with van der Waals surface area (Å²) in [6.07, 6.45) is 0.261. The predicted molar refractivity (Wildman–Crippen MR) is 75.9 cm³/mol. The highest BCUT2D eigenvalue weighted by Gasteiger charge is 2.19. The van der Waals surface area contributed by atoms with Gasteiger partial charge in [0.05, 0.1) is 0 Å². The molecular weight excluding hydrogens is 272 g/mol. The van der Waals surface area contributed by atoms with Crippen LogP contribution in [0.4, 0.5) is 8.78 Å². The molecule has 0 fully saturated rings. The van der Waals surface area contributed by atoms with Gasteiger partial charge in [0, 0.05) is 37.7 Å². The van der Waals surface area contributed by atoms with Crippen LogP contribution in [-0.2, 0) is 13.1 Å². The Morgan fingerprint density at radius 1 is 1.00 bits per heavy atom. The van der Waals surface area contributed by atoms with Crippen molar-refractivity contribution in [3.05, 3.63) is 70.8 Å². The number of fused-ring (bicyclic) bond motifs is 1. The number of carbonyl (C=O) groups is 1. The summed E-state index contributed by atoms with van der Waals surface area (Å²) >= 11 is 0. The highest BCUT2D eigenvalue weighted by Crippen LogP contribution is 2.22. The summed E-state index contributed by atoms with van der Waals surface area (Å²) < 4.78 is 26.2. The molecule has 0 radical (unpaired) electrons. The number of nitrogens with zero attached hydrogens (tertiary/aromatic N) is 1. The van der Waals surface area contributed by atoms with Crippen LogP contribution in [0.2, 0.25) is 0 Å². The van der Waals surface area contributed by atoms with Crippen LogP contribution in [0, 0.1) is 11.6 Å². The molecule has 0 unspecified atom stereocenters. The third-order valence-corrected chi connectivity index (χ3v) is 3.75. The monoisotopic (exact) mass is 287 g/mol. The van der Waals surface area contributed by atoms with E-state index in [0.717, 1.165) is 31.3 Å². The van der Waals surface area contributed by atoms with Crippen molar-refractivity contribution in [2.75, 3.05) is 6.54 Å². The second kappa shape index (κ2) is 5.74. The number of hydrogen-bond donors (Lipinski definition) is 0. The number of carbonyl (C=O) groups excluding carboxylic acids is 1. The molecular formula is C17H15F2NO. The first kappa shape index (κ1) is 13.9. The van der Waals surface area contributed by atoms with E-state index in [1.807, 2.05) is 12.1 Å². The Hall–Kier alpha value is -2.07. The molecule has 2 aromatic rings. The van der Waals surface area contributed by atoms with Crippen LogP contribution >= 0.6 is 0 Å². The van der Waals surface area contributed by atoms with Crippen LogP contribution < -0.4 is 0 Å². The fourth-order valence-corrected chi connectivity index (χ4v) is 2.68. The Balaban J connectivity index is 1.60. The Kier molecular flexibility index (Phi) is 3.80. The van der Waals surface area contributed by atoms with Crippen LogP contribution in [0.5, 0.6) is 0 Å². The Bertz CT molecular complexity index is 639. The standard InChI is InChI=1S/C17H15F2NO/c18-15-7-14(8-16(19)9-15)17(21)5-6-20-10-12-3-1-2-4-13(12)11-20/h1-4,7-9H,5-6,10-11H2. The van der Waals surface area contributed by atoms with E-state index in [9.17, 15) is 13.6 Å². The summed E-state index contributed by atoms with van der Waals surface area (Å²) in [5.74, 6) is -1.66. The number of rotatable bonds is 4. The van der Waals surface area contributed by atoms with Gasteiger partial charge in [-0.3, -0.25) is 9.69 Å². The third kappa shape index (κ3) is 3.16. The predicted octanol–water partition coefficient (Wildman–Crippen LogP) is 3.55. The van der Waals surface area contributed by atoms with E-state index < -0.39 is 11.6 Å². The van der Waals surface area contributed by atoms with Gasteiger partial charge in [0.2, 0.25) is 0 Å². The van der Waals surface area contributed by atoms with Crippen molar-refractivity contribution in [3.8, 4) is 0 Å². The number of hydrogen-bond acceptors (Lipinski definition) is 2. The Morgan fingerprint density at radius 2 is 1.57 bits per heavy atom. The lowest BCUT2D eigenvalue weighted by Gasteiger charge is -2.13. The van der Waals surface area contributed by atoms with Crippen molar-refractivity contribution in [3.63, 3.8) is 0 Å². The van der Waals surface area contributed by atoms with Gasteiger partial charge in [-0.15, -0.1) is 0 Å². The molecule has 0 aliphatic carbocycles. The van der Waals surface area contributed by atoms with Crippen molar-refractivity contribution < 1.29 is 13.6 Å². The SMILES string of the molecule is O=C(CCN1Cc2ccccc2C1)c1cc(F)cc(F)c1. The first-order valence-corrected chi connectivity index (χ1v) is 6.90. The number of halogens is 2. The van der Waals surface area contributed by atoms with Crippen molar-refractivity contribution in [1.29, 1.82) is 0 Å². The summed E-state index contributed by atoms with van der Waals surface area (Å²) in [5.41, 5.74) is 2.66. The number of ketones is 1. The van der Waals surface area contributed by atoms with Crippen LogP contribution in [-0.4, -0.2) is 17.2 Å². The molecule has 1 aliphatic rings. The summed E-state index contributed by atoms with van der Waals surface area (Å²) in [6.45, 7) is 2.23. The molecule has 21 heavy (non-hydrogen) atoms. The lowest BCUT2D eigenvalue weighted by Crippen LogP contribution is -2.20. The fraction of sp³-hybridized carbons (Fsp3) is 0.235. The lowest BCUT2D eigenvalue weighted by atomic mass is 10.1. The number of Topliss-reactive ketones (excluding diaryl/α,β-unsaturated/α-hetero) is 1. The molecule has 1 aliphatic heterocycles. The second-order valence-electron chi connectivity index (χ2n) is 5.31. The van der Waals surface area contributed by atoms with Crippen molar-refractivity contribution in [1.82, 2.24) is 4.90 Å². The molecule has 1 heterocycles. The van der Waals surface area contributed by atoms with Gasteiger partial charge in [0.15, 0.2) is 5.78 Å². The van der Waals surface area contributed by atoms with Gasteiger partial charge in [-0.25, -0.2) is 8.78 Å². The molecule has 0 saturated heterocycles. The van der Waals surface area contributed by atoms with Crippen molar-refractivity contribution >= 4 is 5.78 Å². The van der Waals surface area contributed by atoms with Gasteiger partial charge in [-0.2, -0.15) is 0 Å². The Morgan fingerprint density at radius 3 is 2.14 bits per heavy atom. The van der Waals surface area contributed by atoms with Gasteiger partial charge in [-0.1, -0.05) is 24.3 Å². The fourth-order valence-electron chi connectivity index (χ4n) is 2.68. The van der Waals surface area contributed by atoms with E-state index in [1.165, 1.54) is 11.1 Å². The first-order chi connectivity index (χ1) is 10.1. The first-order valence-electron chi connectivity index (χ1n) is 6.90. The maximum atomic E-state index is 13.1. The van der Waals surface area contributed by atoms with Gasteiger partial charge in [0.25, 0.3) is 0 Å². The third-order valence-electron chi connectivity index (χ3n) is 3.75. The van der Waals surface area contributed by atoms with Crippen LogP contribution in [0.15, 0.2) is 42.5 Å². The van der Waals surface area contributed by atoms with E-state index in [4.69, 9.17) is 0 Å². The summed E-state index contributed by atoms with van der Waals surface area (Å²) in [7, 11) is 0. The average molecular weight is 287 g/mol. The number of benzene rings is 2. The largest absolute Gasteiger partial charge is 0.294 e. The van der Waals surface area contributed by atoms with Gasteiger partial charge in [-0.05, 0) is 23.3 Å². The molecule has 0 N–H and O–H groups in total. The van der Waals surface area contributed by atoms with Gasteiger partial charge < -0.3 is 0 Å². The molecule has 2 nitrogen and oxygen atoms in total. The Labute approximate surface area is 122 Å². The molecule has 0 atom stereocenters. The van der Waals surface area contributed by atoms with E-state index in [-0.39, 0.29) is 17.8 Å². The minimum atomic E-state index is -0.716. The van der Waals surface area contributed by atoms with E-state index >= 15 is 0 Å². The minimum absolute atomic E-state index is 0.101. The molecule has 0 amide bonds. The van der Waals surface area contributed by atoms with Crippen LogP contribution in [0.3, 0.4) is 0 Å². The van der Waals surface area contributed by atoms with Crippen molar-refractivity contribution in [2.45, 2.75) is 19.5 Å². The van der Waals surface area contributed by atoms with Gasteiger partial charge >= 0.3 is 0 Å². The molecule has 108 valence electrons. The highest BCUT2D eigenvalue weighted by molar-refractivity contribution is 5.96. The molecule has 0 aromatic heterocycles. The zero-order chi connectivity index (χ0) is 14.8. The maximum Gasteiger partial charge on any atom is 0.164 e. The molecule has 0 bridgehead atoms. The lowest BCUT2D eigenvalue weighted by molar-refractivity contribution is 0.0962. The van der Waals surface area contributed by atoms with E-state index in [2.05, 4.69) is 17.0 Å². The smallest absolute Gasteiger partial charge is 0.164 e. The molecule has 2 aromatic carbocycles.